The second-order valence-corrected chi connectivity index (χ2v) is 8.01. The van der Waals surface area contributed by atoms with Crippen molar-refractivity contribution in [1.29, 1.82) is 0 Å². The van der Waals surface area contributed by atoms with E-state index in [0.29, 0.717) is 41.1 Å². The fourth-order valence-corrected chi connectivity index (χ4v) is 4.36. The molecule has 1 fully saturated rings. The number of halogens is 1. The van der Waals surface area contributed by atoms with Crippen molar-refractivity contribution in [2.24, 2.45) is 0 Å². The number of aromatic nitrogens is 3. The quantitative estimate of drug-likeness (QED) is 0.540. The molecule has 2 aromatic carbocycles. The number of hydrogen-bond acceptors (Lipinski definition) is 6. The molecule has 1 saturated heterocycles. The molecule has 0 bridgehead atoms. The van der Waals surface area contributed by atoms with Crippen LogP contribution in [0.3, 0.4) is 0 Å². The molecule has 2 heterocycles. The number of rotatable bonds is 6. The molecule has 30 heavy (non-hydrogen) atoms. The highest BCUT2D eigenvalue weighted by Crippen LogP contribution is 2.32. The average molecular weight is 443 g/mol. The molecular formula is C21H19ClN4O3S. The highest BCUT2D eigenvalue weighted by atomic mass is 35.5. The van der Waals surface area contributed by atoms with Crippen LogP contribution < -0.4 is 4.74 Å². The summed E-state index contributed by atoms with van der Waals surface area (Å²) in [6, 6.07) is 15.0. The summed E-state index contributed by atoms with van der Waals surface area (Å²) in [4.78, 5) is 25.6. The SMILES string of the molecule is COc1ccc(-n2c(SCC(=O)N3CCCC3=O)nnc2-c2ccccc2)cc1Cl. The van der Waals surface area contributed by atoms with E-state index in [2.05, 4.69) is 10.2 Å². The van der Waals surface area contributed by atoms with Crippen molar-refractivity contribution in [1.82, 2.24) is 19.7 Å². The molecule has 9 heteroatoms. The smallest absolute Gasteiger partial charge is 0.239 e. The number of likely N-dealkylation sites (tertiary alicyclic amines) is 1. The Kier molecular flexibility index (Phi) is 6.06. The molecular weight excluding hydrogens is 424 g/mol. The summed E-state index contributed by atoms with van der Waals surface area (Å²) in [5.74, 6) is 0.957. The average Bonchev–Trinajstić information content (AvgIpc) is 3.39. The van der Waals surface area contributed by atoms with Gasteiger partial charge in [-0.05, 0) is 24.6 Å². The van der Waals surface area contributed by atoms with Crippen LogP contribution in [0.4, 0.5) is 0 Å². The van der Waals surface area contributed by atoms with Gasteiger partial charge in [0.15, 0.2) is 11.0 Å². The number of methoxy groups -OCH3 is 1. The highest BCUT2D eigenvalue weighted by molar-refractivity contribution is 7.99. The number of thioether (sulfide) groups is 1. The third kappa shape index (κ3) is 4.06. The van der Waals surface area contributed by atoms with Crippen LogP contribution >= 0.6 is 23.4 Å². The minimum Gasteiger partial charge on any atom is -0.495 e. The molecule has 0 saturated carbocycles. The van der Waals surface area contributed by atoms with Crippen molar-refractivity contribution >= 4 is 35.2 Å². The van der Waals surface area contributed by atoms with Crippen molar-refractivity contribution in [3.8, 4) is 22.8 Å². The third-order valence-electron chi connectivity index (χ3n) is 4.76. The van der Waals surface area contributed by atoms with Gasteiger partial charge in [-0.15, -0.1) is 10.2 Å². The van der Waals surface area contributed by atoms with E-state index in [1.165, 1.54) is 16.7 Å². The van der Waals surface area contributed by atoms with Gasteiger partial charge in [0, 0.05) is 18.5 Å². The molecule has 2 amide bonds. The molecule has 0 N–H and O–H groups in total. The first kappa shape index (κ1) is 20.4. The minimum absolute atomic E-state index is 0.0998. The Bertz CT molecular complexity index is 1090. The van der Waals surface area contributed by atoms with Crippen molar-refractivity contribution in [2.75, 3.05) is 19.4 Å². The summed E-state index contributed by atoms with van der Waals surface area (Å²) in [5, 5.41) is 9.65. The van der Waals surface area contributed by atoms with Gasteiger partial charge < -0.3 is 4.74 Å². The Hall–Kier alpha value is -2.84. The predicted octanol–water partition coefficient (Wildman–Crippen LogP) is 3.84. The first-order valence-corrected chi connectivity index (χ1v) is 10.8. The lowest BCUT2D eigenvalue weighted by Gasteiger charge is -2.14. The third-order valence-corrected chi connectivity index (χ3v) is 5.97. The number of carbonyl (C=O) groups excluding carboxylic acids is 2. The maximum absolute atomic E-state index is 12.5. The van der Waals surface area contributed by atoms with E-state index < -0.39 is 0 Å². The molecule has 0 aliphatic carbocycles. The maximum atomic E-state index is 12.5. The lowest BCUT2D eigenvalue weighted by molar-refractivity contribution is -0.140. The van der Waals surface area contributed by atoms with Gasteiger partial charge in [-0.25, -0.2) is 0 Å². The summed E-state index contributed by atoms with van der Waals surface area (Å²) < 4.78 is 7.10. The van der Waals surface area contributed by atoms with Gasteiger partial charge in [0.25, 0.3) is 0 Å². The minimum atomic E-state index is -0.217. The van der Waals surface area contributed by atoms with Gasteiger partial charge in [-0.3, -0.25) is 19.1 Å². The van der Waals surface area contributed by atoms with Crippen molar-refractivity contribution in [2.45, 2.75) is 18.0 Å². The topological polar surface area (TPSA) is 77.3 Å². The van der Waals surface area contributed by atoms with E-state index >= 15 is 0 Å². The molecule has 1 aromatic heterocycles. The molecule has 4 rings (SSSR count). The normalized spacial score (nSPS) is 13.7. The number of hydrogen-bond donors (Lipinski definition) is 0. The van der Waals surface area contributed by atoms with E-state index in [9.17, 15) is 9.59 Å². The van der Waals surface area contributed by atoms with Crippen LogP contribution in [0.1, 0.15) is 12.8 Å². The molecule has 7 nitrogen and oxygen atoms in total. The molecule has 1 aliphatic rings. The maximum Gasteiger partial charge on any atom is 0.239 e. The highest BCUT2D eigenvalue weighted by Gasteiger charge is 2.27. The van der Waals surface area contributed by atoms with Crippen LogP contribution in [0.5, 0.6) is 5.75 Å². The Labute approximate surface area is 183 Å². The molecule has 0 radical (unpaired) electrons. The predicted molar refractivity (Wildman–Crippen MR) is 115 cm³/mol. The van der Waals surface area contributed by atoms with Crippen LogP contribution in [0.2, 0.25) is 5.02 Å². The number of benzene rings is 2. The van der Waals surface area contributed by atoms with Crippen LogP contribution in [-0.2, 0) is 9.59 Å². The number of nitrogens with zero attached hydrogens (tertiary/aromatic N) is 4. The van der Waals surface area contributed by atoms with E-state index in [-0.39, 0.29) is 17.6 Å². The fraction of sp³-hybridized carbons (Fsp3) is 0.238. The molecule has 1 aliphatic heterocycles. The zero-order valence-corrected chi connectivity index (χ0v) is 17.8. The monoisotopic (exact) mass is 442 g/mol. The van der Waals surface area contributed by atoms with Gasteiger partial charge in [-0.1, -0.05) is 53.7 Å². The van der Waals surface area contributed by atoms with Gasteiger partial charge >= 0.3 is 0 Å². The second-order valence-electron chi connectivity index (χ2n) is 6.66. The van der Waals surface area contributed by atoms with Crippen LogP contribution in [0.25, 0.3) is 17.1 Å². The van der Waals surface area contributed by atoms with Crippen LogP contribution in [-0.4, -0.2) is 50.9 Å². The summed E-state index contributed by atoms with van der Waals surface area (Å²) in [7, 11) is 1.56. The van der Waals surface area contributed by atoms with Crippen LogP contribution in [0.15, 0.2) is 53.7 Å². The first-order valence-electron chi connectivity index (χ1n) is 9.39. The summed E-state index contributed by atoms with van der Waals surface area (Å²) in [5.41, 5.74) is 1.63. The number of ether oxygens (including phenoxy) is 1. The van der Waals surface area contributed by atoms with Crippen molar-refractivity contribution in [3.63, 3.8) is 0 Å². The summed E-state index contributed by atoms with van der Waals surface area (Å²) >= 11 is 7.58. The largest absolute Gasteiger partial charge is 0.495 e. The standard InChI is InChI=1S/C21H19ClN4O3S/c1-29-17-10-9-15(12-16(17)22)26-20(14-6-3-2-4-7-14)23-24-21(26)30-13-19(28)25-11-5-8-18(25)27/h2-4,6-7,9-10,12H,5,8,11,13H2,1H3. The van der Waals surface area contributed by atoms with E-state index in [1.807, 2.05) is 41.0 Å². The van der Waals surface area contributed by atoms with E-state index in [1.54, 1.807) is 19.2 Å². The molecule has 0 unspecified atom stereocenters. The van der Waals surface area contributed by atoms with Crippen LogP contribution in [0, 0.1) is 0 Å². The summed E-state index contributed by atoms with van der Waals surface area (Å²) in [6.07, 6.45) is 1.14. The number of amides is 2. The summed E-state index contributed by atoms with van der Waals surface area (Å²) in [6.45, 7) is 0.480. The first-order chi connectivity index (χ1) is 14.6. The lowest BCUT2D eigenvalue weighted by atomic mass is 10.2. The molecule has 0 spiro atoms. The molecule has 0 atom stereocenters. The van der Waals surface area contributed by atoms with E-state index in [0.717, 1.165) is 11.3 Å². The van der Waals surface area contributed by atoms with Gasteiger partial charge in [0.1, 0.15) is 5.75 Å². The molecule has 3 aromatic rings. The zero-order valence-electron chi connectivity index (χ0n) is 16.2. The Morgan fingerprint density at radius 2 is 2.00 bits per heavy atom. The van der Waals surface area contributed by atoms with Gasteiger partial charge in [-0.2, -0.15) is 0 Å². The fourth-order valence-electron chi connectivity index (χ4n) is 3.28. The van der Waals surface area contributed by atoms with Crippen molar-refractivity contribution < 1.29 is 14.3 Å². The van der Waals surface area contributed by atoms with Gasteiger partial charge in [0.2, 0.25) is 11.8 Å². The number of imide groups is 1. The zero-order chi connectivity index (χ0) is 21.1. The Morgan fingerprint density at radius 1 is 1.20 bits per heavy atom. The Morgan fingerprint density at radius 3 is 2.67 bits per heavy atom. The lowest BCUT2D eigenvalue weighted by Crippen LogP contribution is -2.33. The number of carbonyl (C=O) groups is 2. The van der Waals surface area contributed by atoms with E-state index in [4.69, 9.17) is 16.3 Å². The van der Waals surface area contributed by atoms with Crippen molar-refractivity contribution in [3.05, 3.63) is 53.6 Å². The van der Waals surface area contributed by atoms with Gasteiger partial charge in [0.05, 0.1) is 23.6 Å². The second kappa shape index (κ2) is 8.89. The molecule has 154 valence electrons. The Balaban J connectivity index is 1.68.